The van der Waals surface area contributed by atoms with Gasteiger partial charge < -0.3 is 14.2 Å². The zero-order valence-electron chi connectivity index (χ0n) is 18.2. The molecule has 5 aliphatic rings. The van der Waals surface area contributed by atoms with Crippen LogP contribution in [0.4, 0.5) is 0 Å². The Hall–Kier alpha value is -0.610. The topological polar surface area (TPSA) is 44.8 Å². The molecule has 4 heteroatoms. The van der Waals surface area contributed by atoms with Crippen molar-refractivity contribution in [2.75, 3.05) is 13.2 Å². The first-order valence-corrected chi connectivity index (χ1v) is 12.6. The first kappa shape index (κ1) is 20.3. The van der Waals surface area contributed by atoms with Crippen molar-refractivity contribution in [1.29, 1.82) is 0 Å². The minimum Gasteiger partial charge on any atom is -0.463 e. The molecule has 5 rings (SSSR count). The van der Waals surface area contributed by atoms with Crippen LogP contribution in [-0.2, 0) is 19.0 Å². The normalized spacial score (nSPS) is 47.4. The summed E-state index contributed by atoms with van der Waals surface area (Å²) in [6.45, 7) is 3.53. The number of hydrogen-bond donors (Lipinski definition) is 0. The van der Waals surface area contributed by atoms with Crippen LogP contribution in [0.5, 0.6) is 0 Å². The molecule has 0 amide bonds. The predicted molar refractivity (Wildman–Crippen MR) is 111 cm³/mol. The van der Waals surface area contributed by atoms with Crippen LogP contribution in [0.15, 0.2) is 0 Å². The largest absolute Gasteiger partial charge is 0.463 e. The van der Waals surface area contributed by atoms with Gasteiger partial charge in [0.15, 0.2) is 6.29 Å². The molecule has 0 aromatic rings. The minimum atomic E-state index is -0.0774. The van der Waals surface area contributed by atoms with Crippen LogP contribution < -0.4 is 0 Å². The van der Waals surface area contributed by atoms with E-state index in [-0.39, 0.29) is 24.3 Å². The Morgan fingerprint density at radius 1 is 0.862 bits per heavy atom. The second-order valence-corrected chi connectivity index (χ2v) is 11.3. The van der Waals surface area contributed by atoms with Crippen molar-refractivity contribution >= 4 is 5.97 Å². The van der Waals surface area contributed by atoms with Gasteiger partial charge in [-0.25, -0.2) is 0 Å². The molecule has 6 atom stereocenters. The summed E-state index contributed by atoms with van der Waals surface area (Å²) in [5.74, 6) is 4.78. The molecule has 1 aliphatic heterocycles. The Kier molecular flexibility index (Phi) is 6.21. The Bertz CT molecular complexity index is 547. The number of hydrogen-bond acceptors (Lipinski definition) is 4. The maximum atomic E-state index is 12.8. The van der Waals surface area contributed by atoms with E-state index in [1.54, 1.807) is 0 Å². The van der Waals surface area contributed by atoms with Crippen molar-refractivity contribution in [1.82, 2.24) is 0 Å². The number of esters is 1. The van der Waals surface area contributed by atoms with Gasteiger partial charge in [-0.2, -0.15) is 0 Å². The van der Waals surface area contributed by atoms with E-state index in [1.807, 2.05) is 0 Å². The fourth-order valence-corrected chi connectivity index (χ4v) is 7.66. The van der Waals surface area contributed by atoms with E-state index in [2.05, 4.69) is 6.92 Å². The molecule has 0 N–H and O–H groups in total. The molecule has 29 heavy (non-hydrogen) atoms. The molecule has 0 aromatic carbocycles. The Balaban J connectivity index is 1.09. The van der Waals surface area contributed by atoms with Crippen molar-refractivity contribution in [3.05, 3.63) is 0 Å². The third-order valence-electron chi connectivity index (χ3n) is 8.72. The maximum Gasteiger partial charge on any atom is 0.309 e. The third kappa shape index (κ3) is 4.84. The summed E-state index contributed by atoms with van der Waals surface area (Å²) >= 11 is 0. The lowest BCUT2D eigenvalue weighted by Crippen LogP contribution is -2.43. The van der Waals surface area contributed by atoms with Crippen LogP contribution in [0.3, 0.4) is 0 Å². The highest BCUT2D eigenvalue weighted by atomic mass is 16.7. The van der Waals surface area contributed by atoms with Crippen molar-refractivity contribution in [2.24, 2.45) is 41.4 Å². The molecular weight excluding hydrogens is 364 g/mol. The van der Waals surface area contributed by atoms with E-state index < -0.39 is 0 Å². The van der Waals surface area contributed by atoms with Crippen LogP contribution in [0, 0.1) is 41.4 Å². The fourth-order valence-electron chi connectivity index (χ4n) is 7.66. The smallest absolute Gasteiger partial charge is 0.309 e. The number of rotatable bonds is 4. The molecule has 164 valence electrons. The van der Waals surface area contributed by atoms with Gasteiger partial charge in [0.2, 0.25) is 0 Å². The van der Waals surface area contributed by atoms with Crippen LogP contribution in [0.2, 0.25) is 0 Å². The number of carbonyl (C=O) groups excluding carboxylic acids is 1. The Morgan fingerprint density at radius 3 is 2.28 bits per heavy atom. The molecule has 1 saturated heterocycles. The van der Waals surface area contributed by atoms with E-state index in [1.165, 1.54) is 57.8 Å². The molecule has 4 aliphatic carbocycles. The lowest BCUT2D eigenvalue weighted by Gasteiger charge is -2.43. The molecule has 0 spiro atoms. The van der Waals surface area contributed by atoms with E-state index in [0.717, 1.165) is 55.5 Å². The highest BCUT2D eigenvalue weighted by molar-refractivity contribution is 5.72. The van der Waals surface area contributed by atoms with Gasteiger partial charge in [-0.15, -0.1) is 0 Å². The molecule has 0 radical (unpaired) electrons. The van der Waals surface area contributed by atoms with Crippen molar-refractivity contribution in [3.8, 4) is 0 Å². The first-order chi connectivity index (χ1) is 14.1. The monoisotopic (exact) mass is 404 g/mol. The van der Waals surface area contributed by atoms with Crippen molar-refractivity contribution < 1.29 is 19.0 Å². The maximum absolute atomic E-state index is 12.8. The predicted octanol–water partition coefficient (Wildman–Crippen LogP) is 5.34. The van der Waals surface area contributed by atoms with Crippen molar-refractivity contribution in [3.63, 3.8) is 0 Å². The van der Waals surface area contributed by atoms with Gasteiger partial charge in [0, 0.05) is 12.3 Å². The molecule has 0 aromatic heterocycles. The summed E-state index contributed by atoms with van der Waals surface area (Å²) in [7, 11) is 0. The van der Waals surface area contributed by atoms with Gasteiger partial charge >= 0.3 is 5.97 Å². The molecule has 5 fully saturated rings. The summed E-state index contributed by atoms with van der Waals surface area (Å²) in [6.07, 6.45) is 14.9. The van der Waals surface area contributed by atoms with Crippen LogP contribution >= 0.6 is 0 Å². The van der Waals surface area contributed by atoms with Gasteiger partial charge in [-0.05, 0) is 81.0 Å². The summed E-state index contributed by atoms with van der Waals surface area (Å²) in [6, 6.07) is 0. The molecular formula is C25H40O4. The zero-order chi connectivity index (χ0) is 19.8. The second kappa shape index (κ2) is 8.86. The number of carbonyl (C=O) groups is 1. The quantitative estimate of drug-likeness (QED) is 0.593. The highest BCUT2D eigenvalue weighted by Crippen LogP contribution is 2.46. The SMILES string of the molecule is CC1CC2CC(C1)CC(C(=O)OCC1CCOC(C3CC4CCCC(C4)C3)O1)C2. The first-order valence-electron chi connectivity index (χ1n) is 12.6. The van der Waals surface area contributed by atoms with Gasteiger partial charge in [-0.1, -0.05) is 26.2 Å². The van der Waals surface area contributed by atoms with Crippen LogP contribution in [0.1, 0.15) is 84.0 Å². The van der Waals surface area contributed by atoms with Crippen LogP contribution in [0.25, 0.3) is 0 Å². The van der Waals surface area contributed by atoms with Gasteiger partial charge in [-0.3, -0.25) is 4.79 Å². The molecule has 4 bridgehead atoms. The van der Waals surface area contributed by atoms with Gasteiger partial charge in [0.1, 0.15) is 6.61 Å². The Morgan fingerprint density at radius 2 is 1.55 bits per heavy atom. The molecule has 4 saturated carbocycles. The minimum absolute atomic E-state index is 0.0163. The summed E-state index contributed by atoms with van der Waals surface area (Å²) in [5, 5.41) is 0. The van der Waals surface area contributed by atoms with E-state index in [0.29, 0.717) is 12.5 Å². The average molecular weight is 405 g/mol. The van der Waals surface area contributed by atoms with E-state index >= 15 is 0 Å². The number of fused-ring (bicyclic) bond motifs is 4. The Labute approximate surface area is 176 Å². The van der Waals surface area contributed by atoms with Crippen LogP contribution in [-0.4, -0.2) is 31.6 Å². The zero-order valence-corrected chi connectivity index (χ0v) is 18.2. The molecule has 1 heterocycles. The average Bonchev–Trinajstić information content (AvgIpc) is 2.71. The summed E-state index contributed by atoms with van der Waals surface area (Å²) in [5.41, 5.74) is 0. The lowest BCUT2D eigenvalue weighted by atomic mass is 9.65. The molecule has 6 unspecified atom stereocenters. The van der Waals surface area contributed by atoms with Crippen molar-refractivity contribution in [2.45, 2.75) is 96.4 Å². The van der Waals surface area contributed by atoms with E-state index in [4.69, 9.17) is 14.2 Å². The standard InChI is InChI=1S/C25H40O4/c1-16-7-19-10-20(8-16)14-21(13-19)24(26)28-15-23-5-6-27-25(29-23)22-11-17-3-2-4-18(9-17)12-22/h16-23,25H,2-15H2,1H3. The van der Waals surface area contributed by atoms with E-state index in [9.17, 15) is 4.79 Å². The molecule has 4 nitrogen and oxygen atoms in total. The second-order valence-electron chi connectivity index (χ2n) is 11.3. The highest BCUT2D eigenvalue weighted by Gasteiger charge is 2.40. The third-order valence-corrected chi connectivity index (χ3v) is 8.72. The van der Waals surface area contributed by atoms with Gasteiger partial charge in [0.05, 0.1) is 18.6 Å². The fraction of sp³-hybridized carbons (Fsp3) is 0.960. The lowest BCUT2D eigenvalue weighted by molar-refractivity contribution is -0.251. The summed E-state index contributed by atoms with van der Waals surface area (Å²) < 4.78 is 18.2. The van der Waals surface area contributed by atoms with Gasteiger partial charge in [0.25, 0.3) is 0 Å². The number of ether oxygens (including phenoxy) is 3. The summed E-state index contributed by atoms with van der Waals surface area (Å²) in [4.78, 5) is 12.8.